The van der Waals surface area contributed by atoms with Crippen molar-refractivity contribution in [1.29, 1.82) is 0 Å². The van der Waals surface area contributed by atoms with Crippen LogP contribution in [0.15, 0.2) is 0 Å². The predicted octanol–water partition coefficient (Wildman–Crippen LogP) is 4.31. The molecule has 1 atom stereocenters. The third kappa shape index (κ3) is 31.6. The number of hydrogen-bond acceptors (Lipinski definition) is 4. The molecule has 0 aromatic heterocycles. The number of nitrogens with two attached hydrogens (primary N) is 2. The van der Waals surface area contributed by atoms with E-state index in [1.807, 2.05) is 6.92 Å². The normalized spacial score (nSPS) is 11.0. The summed E-state index contributed by atoms with van der Waals surface area (Å²) in [5.74, 6) is -0.673. The summed E-state index contributed by atoms with van der Waals surface area (Å²) in [5, 5.41) is 16.9. The lowest BCUT2D eigenvalue weighted by molar-refractivity contribution is -0.142. The largest absolute Gasteiger partial charge is 0.481 e. The van der Waals surface area contributed by atoms with Crippen LogP contribution in [0.25, 0.3) is 0 Å². The average molecular weight is 363 g/mol. The van der Waals surface area contributed by atoms with E-state index in [9.17, 15) is 9.90 Å². The third-order valence-corrected chi connectivity index (χ3v) is 3.79. The van der Waals surface area contributed by atoms with Gasteiger partial charge in [0, 0.05) is 6.54 Å². The smallest absolute Gasteiger partial charge is 0.306 e. The first-order valence-corrected chi connectivity index (χ1v) is 10.3. The van der Waals surface area contributed by atoms with Crippen molar-refractivity contribution in [3.05, 3.63) is 0 Å². The van der Waals surface area contributed by atoms with Gasteiger partial charge in [-0.05, 0) is 19.4 Å². The van der Waals surface area contributed by atoms with Gasteiger partial charge in [-0.2, -0.15) is 0 Å². The molecule has 1 unspecified atom stereocenters. The van der Waals surface area contributed by atoms with Crippen LogP contribution in [0.4, 0.5) is 0 Å². The van der Waals surface area contributed by atoms with Gasteiger partial charge in [-0.15, -0.1) is 0 Å². The minimum Gasteiger partial charge on any atom is -0.481 e. The first-order valence-electron chi connectivity index (χ1n) is 10.3. The first kappa shape index (κ1) is 29.1. The lowest BCUT2D eigenvalue weighted by atomic mass is 9.94. The molecule has 0 rings (SSSR count). The van der Waals surface area contributed by atoms with E-state index in [2.05, 4.69) is 13.8 Å². The van der Waals surface area contributed by atoms with E-state index in [0.717, 1.165) is 32.2 Å². The monoisotopic (exact) mass is 362 g/mol. The maximum absolute atomic E-state index is 11.1. The Hall–Kier alpha value is -0.650. The van der Waals surface area contributed by atoms with E-state index in [-0.39, 0.29) is 12.5 Å². The second kappa shape index (κ2) is 28.2. The molecule has 0 aromatic carbocycles. The van der Waals surface area contributed by atoms with E-state index >= 15 is 0 Å². The first-order chi connectivity index (χ1) is 12.0. The number of unbranched alkanes of at least 4 members (excludes halogenated alkanes) is 8. The molecule has 25 heavy (non-hydrogen) atoms. The van der Waals surface area contributed by atoms with Gasteiger partial charge < -0.3 is 21.7 Å². The standard InChI is InChI=1S/C16H32O2.C2H7NO.C2H7N/c1-3-5-7-9-10-12-14-15(16(17)18)13-11-8-6-4-2;3-1-2-4;1-2-3/h15H,3-14H2,1-2H3,(H,17,18);4H,1-3H2;2-3H2,1H3. The molecule has 0 bridgehead atoms. The van der Waals surface area contributed by atoms with E-state index in [4.69, 9.17) is 16.6 Å². The van der Waals surface area contributed by atoms with Gasteiger partial charge in [0.15, 0.2) is 0 Å². The van der Waals surface area contributed by atoms with Crippen LogP contribution in [0.2, 0.25) is 0 Å². The van der Waals surface area contributed by atoms with Crippen LogP contribution in [-0.4, -0.2) is 35.9 Å². The fourth-order valence-electron chi connectivity index (χ4n) is 2.38. The van der Waals surface area contributed by atoms with Crippen LogP contribution in [-0.2, 0) is 4.79 Å². The van der Waals surface area contributed by atoms with Gasteiger partial charge in [0.05, 0.1) is 12.5 Å². The van der Waals surface area contributed by atoms with Crippen molar-refractivity contribution in [2.24, 2.45) is 17.4 Å². The molecular formula is C20H46N2O3. The molecule has 6 N–H and O–H groups in total. The van der Waals surface area contributed by atoms with Crippen molar-refractivity contribution >= 4 is 5.97 Å². The Labute approximate surface area is 156 Å². The maximum Gasteiger partial charge on any atom is 0.306 e. The van der Waals surface area contributed by atoms with Crippen molar-refractivity contribution in [3.8, 4) is 0 Å². The highest BCUT2D eigenvalue weighted by Gasteiger charge is 2.15. The minimum atomic E-state index is -0.583. The summed E-state index contributed by atoms with van der Waals surface area (Å²) in [6.45, 7) is 7.53. The fraction of sp³-hybridized carbons (Fsp3) is 0.950. The Morgan fingerprint density at radius 3 is 1.44 bits per heavy atom. The second-order valence-electron chi connectivity index (χ2n) is 6.36. The van der Waals surface area contributed by atoms with Gasteiger partial charge in [0.25, 0.3) is 0 Å². The number of carbonyl (C=O) groups is 1. The topological polar surface area (TPSA) is 110 Å². The highest BCUT2D eigenvalue weighted by Crippen LogP contribution is 2.19. The Kier molecular flexibility index (Phi) is 32.8. The number of rotatable bonds is 14. The lowest BCUT2D eigenvalue weighted by Gasteiger charge is -2.11. The maximum atomic E-state index is 11.1. The van der Waals surface area contributed by atoms with Crippen LogP contribution in [0.3, 0.4) is 0 Å². The Morgan fingerprint density at radius 1 is 0.800 bits per heavy atom. The van der Waals surface area contributed by atoms with Crippen LogP contribution in [0.1, 0.15) is 97.8 Å². The van der Waals surface area contributed by atoms with Crippen LogP contribution in [0.5, 0.6) is 0 Å². The number of carboxylic acids is 1. The summed E-state index contributed by atoms with van der Waals surface area (Å²) in [7, 11) is 0. The zero-order valence-corrected chi connectivity index (χ0v) is 17.1. The molecule has 0 aliphatic carbocycles. The van der Waals surface area contributed by atoms with E-state index in [1.165, 1.54) is 51.4 Å². The molecule has 0 aromatic rings. The number of aliphatic hydroxyl groups excluding tert-OH is 1. The molecule has 0 saturated heterocycles. The summed E-state index contributed by atoms with van der Waals surface area (Å²) in [6, 6.07) is 0. The Morgan fingerprint density at radius 2 is 1.12 bits per heavy atom. The van der Waals surface area contributed by atoms with Crippen LogP contribution < -0.4 is 11.5 Å². The molecule has 0 amide bonds. The fourth-order valence-corrected chi connectivity index (χ4v) is 2.38. The molecule has 5 heteroatoms. The molecule has 0 spiro atoms. The van der Waals surface area contributed by atoms with Crippen molar-refractivity contribution in [2.75, 3.05) is 19.7 Å². The zero-order chi connectivity index (χ0) is 19.8. The number of aliphatic carboxylic acids is 1. The molecule has 0 heterocycles. The molecule has 0 saturated carbocycles. The molecule has 0 fully saturated rings. The van der Waals surface area contributed by atoms with Crippen molar-refractivity contribution in [2.45, 2.75) is 97.8 Å². The van der Waals surface area contributed by atoms with Gasteiger partial charge in [-0.3, -0.25) is 4.79 Å². The molecular weight excluding hydrogens is 316 g/mol. The van der Waals surface area contributed by atoms with Gasteiger partial charge >= 0.3 is 5.97 Å². The van der Waals surface area contributed by atoms with Gasteiger partial charge in [-0.25, -0.2) is 0 Å². The second-order valence-corrected chi connectivity index (χ2v) is 6.36. The minimum absolute atomic E-state index is 0.0898. The van der Waals surface area contributed by atoms with E-state index in [1.54, 1.807) is 0 Å². The number of carboxylic acid groups (broad SMARTS) is 1. The average Bonchev–Trinajstić information content (AvgIpc) is 2.60. The summed E-state index contributed by atoms with van der Waals surface area (Å²) in [4.78, 5) is 11.1. The van der Waals surface area contributed by atoms with E-state index < -0.39 is 5.97 Å². The Bertz CT molecular complexity index is 237. The zero-order valence-electron chi connectivity index (χ0n) is 17.1. The van der Waals surface area contributed by atoms with Gasteiger partial charge in [0.2, 0.25) is 0 Å². The highest BCUT2D eigenvalue weighted by molar-refractivity contribution is 5.69. The highest BCUT2D eigenvalue weighted by atomic mass is 16.4. The third-order valence-electron chi connectivity index (χ3n) is 3.79. The summed E-state index contributed by atoms with van der Waals surface area (Å²) in [6.07, 6.45) is 14.0. The van der Waals surface area contributed by atoms with Crippen molar-refractivity contribution in [1.82, 2.24) is 0 Å². The number of aliphatic hydroxyl groups is 1. The summed E-state index contributed by atoms with van der Waals surface area (Å²) in [5.41, 5.74) is 9.62. The molecule has 0 aliphatic heterocycles. The van der Waals surface area contributed by atoms with Gasteiger partial charge in [0.1, 0.15) is 0 Å². The Balaban J connectivity index is -0.000000586. The molecule has 5 nitrogen and oxygen atoms in total. The molecule has 0 aliphatic rings. The van der Waals surface area contributed by atoms with E-state index in [0.29, 0.717) is 6.54 Å². The summed E-state index contributed by atoms with van der Waals surface area (Å²) >= 11 is 0. The van der Waals surface area contributed by atoms with Crippen molar-refractivity contribution < 1.29 is 15.0 Å². The lowest BCUT2D eigenvalue weighted by Crippen LogP contribution is -2.13. The predicted molar refractivity (Wildman–Crippen MR) is 109 cm³/mol. The SMILES string of the molecule is CCCCCCCCC(CCCCCC)C(=O)O.CCN.NCCO. The van der Waals surface area contributed by atoms with Gasteiger partial charge in [-0.1, -0.05) is 85.0 Å². The quantitative estimate of drug-likeness (QED) is 0.344. The molecule has 0 radical (unpaired) electrons. The summed E-state index contributed by atoms with van der Waals surface area (Å²) < 4.78 is 0. The van der Waals surface area contributed by atoms with Crippen molar-refractivity contribution in [3.63, 3.8) is 0 Å². The number of hydrogen-bond donors (Lipinski definition) is 4. The van der Waals surface area contributed by atoms with Crippen LogP contribution >= 0.6 is 0 Å². The molecule has 154 valence electrons. The van der Waals surface area contributed by atoms with Crippen LogP contribution in [0, 0.1) is 5.92 Å².